The zero-order chi connectivity index (χ0) is 57.0. The number of carboxylic acids is 1. The molecule has 27 N–H and O–H groups in total. The number of nitrogens with zero attached hydrogens (tertiary/aromatic N) is 4. The fourth-order valence-corrected chi connectivity index (χ4v) is 6.71. The number of ketones is 1. The van der Waals surface area contributed by atoms with Crippen LogP contribution in [0.25, 0.3) is 0 Å². The normalized spacial score (nSPS) is 12.8. The van der Waals surface area contributed by atoms with E-state index < -0.39 is 84.2 Å². The Morgan fingerprint density at radius 2 is 0.763 bits per heavy atom. The van der Waals surface area contributed by atoms with E-state index in [0.29, 0.717) is 38.6 Å². The third-order valence-electron chi connectivity index (χ3n) is 10.5. The van der Waals surface area contributed by atoms with Gasteiger partial charge in [0.25, 0.3) is 0 Å². The first-order chi connectivity index (χ1) is 36.0. The summed E-state index contributed by atoms with van der Waals surface area (Å²) in [6, 6.07) is 12.2. The quantitative estimate of drug-likeness (QED) is 0.0176. The summed E-state index contributed by atoms with van der Waals surface area (Å²) in [5, 5.41) is 24.2. The molecule has 29 heteroatoms. The molecule has 0 bridgehead atoms. The third-order valence-corrected chi connectivity index (χ3v) is 10.5. The van der Waals surface area contributed by atoms with Gasteiger partial charge in [-0.1, -0.05) is 60.7 Å². The lowest BCUT2D eigenvalue weighted by molar-refractivity contribution is -0.138. The molecule has 29 nitrogen and oxygen atoms in total. The second-order valence-corrected chi connectivity index (χ2v) is 17.2. The van der Waals surface area contributed by atoms with Gasteiger partial charge in [-0.3, -0.25) is 58.3 Å². The van der Waals surface area contributed by atoms with Gasteiger partial charge in [-0.15, -0.1) is 0 Å². The van der Waals surface area contributed by atoms with E-state index in [2.05, 4.69) is 51.9 Å². The molecule has 0 saturated carbocycles. The number of aliphatic imine (C=N–C) groups is 4. The van der Waals surface area contributed by atoms with E-state index >= 15 is 0 Å². The second kappa shape index (κ2) is 37.2. The largest absolute Gasteiger partial charge is 0.480 e. The number of hydrogen-bond donors (Lipinski definition) is 17. The minimum Gasteiger partial charge on any atom is -0.480 e. The van der Waals surface area contributed by atoms with E-state index in [1.165, 1.54) is 6.92 Å². The predicted octanol–water partition coefficient (Wildman–Crippen LogP) is -5.83. The van der Waals surface area contributed by atoms with E-state index in [1.54, 1.807) is 0 Å². The van der Waals surface area contributed by atoms with E-state index in [4.69, 9.17) is 62.4 Å². The lowest BCUT2D eigenvalue weighted by Crippen LogP contribution is -2.56. The smallest absolute Gasteiger partial charge is 0.322 e. The summed E-state index contributed by atoms with van der Waals surface area (Å²) in [6.07, 6.45) is 2.65. The molecule has 0 radical (unpaired) electrons. The minimum atomic E-state index is -1.25. The Balaban J connectivity index is 0.000000760. The zero-order valence-electron chi connectivity index (χ0n) is 42.8. The molecule has 0 spiro atoms. The fraction of sp³-hybridized carbons (Fsp3) is 0.489. The van der Waals surface area contributed by atoms with Gasteiger partial charge in [-0.2, -0.15) is 0 Å². The van der Waals surface area contributed by atoms with Crippen LogP contribution >= 0.6 is 0 Å². The number of guanidine groups is 4. The van der Waals surface area contributed by atoms with Crippen LogP contribution in [0.4, 0.5) is 0 Å². The number of Topliss-reactive ketones (excluding diaryl/α,β-unsaturated/α-hetero) is 1. The molecule has 0 heterocycles. The van der Waals surface area contributed by atoms with Crippen molar-refractivity contribution in [2.24, 2.45) is 77.3 Å². The van der Waals surface area contributed by atoms with Crippen molar-refractivity contribution in [2.45, 2.75) is 107 Å². The van der Waals surface area contributed by atoms with Crippen LogP contribution in [0, 0.1) is 0 Å². The van der Waals surface area contributed by atoms with E-state index in [-0.39, 0.29) is 87.9 Å². The summed E-state index contributed by atoms with van der Waals surface area (Å²) < 4.78 is 0. The number of carbonyl (C=O) groups is 8. The van der Waals surface area contributed by atoms with Crippen LogP contribution in [0.15, 0.2) is 80.6 Å². The Morgan fingerprint density at radius 3 is 1.16 bits per heavy atom. The van der Waals surface area contributed by atoms with Crippen molar-refractivity contribution in [2.75, 3.05) is 39.3 Å². The maximum Gasteiger partial charge on any atom is 0.322 e. The average molecular weight is 1070 g/mol. The lowest BCUT2D eigenvalue weighted by Gasteiger charge is -2.24. The number of carboxylic acid groups (broad SMARTS) is 1. The molecule has 0 aromatic heterocycles. The second-order valence-electron chi connectivity index (χ2n) is 17.2. The van der Waals surface area contributed by atoms with E-state index in [1.807, 2.05) is 60.7 Å². The highest BCUT2D eigenvalue weighted by Gasteiger charge is 2.30. The molecule has 0 saturated heterocycles. The molecular formula is C47H78N20O9. The van der Waals surface area contributed by atoms with Gasteiger partial charge < -0.3 is 94.3 Å². The van der Waals surface area contributed by atoms with Crippen molar-refractivity contribution >= 4 is 71.0 Å². The van der Waals surface area contributed by atoms with Crippen molar-refractivity contribution in [3.63, 3.8) is 0 Å². The average Bonchev–Trinajstić information content (AvgIpc) is 3.36. The van der Waals surface area contributed by atoms with Crippen molar-refractivity contribution in [1.29, 1.82) is 0 Å². The SMILES string of the molecule is CC(=O)CNC(=O)[C@H](CCCN=C(N)N)NC(=O)[C@@H](Cc1ccccc1)NC(=O)[C@@H](N)CCCN=C(N)N.NC(N)=NCCC[C@H](NC(=O)[C@H](N)Cc1ccccc1)C(=O)N[C@@H](CCCN=C(N)N)C(=O)NCC(=O)O. The van der Waals surface area contributed by atoms with Crippen molar-refractivity contribution in [1.82, 2.24) is 31.9 Å². The molecule has 76 heavy (non-hydrogen) atoms. The van der Waals surface area contributed by atoms with Crippen LogP contribution in [0.2, 0.25) is 0 Å². The van der Waals surface area contributed by atoms with Crippen molar-refractivity contribution < 1.29 is 43.5 Å². The van der Waals surface area contributed by atoms with Crippen molar-refractivity contribution in [3.05, 3.63) is 71.8 Å². The maximum atomic E-state index is 13.3. The first kappa shape index (κ1) is 65.4. The Kier molecular flexibility index (Phi) is 32.0. The highest BCUT2D eigenvalue weighted by Crippen LogP contribution is 2.09. The summed E-state index contributed by atoms with van der Waals surface area (Å²) in [4.78, 5) is 115. The highest BCUT2D eigenvalue weighted by molar-refractivity contribution is 5.95. The maximum absolute atomic E-state index is 13.3. The summed E-state index contributed by atoms with van der Waals surface area (Å²) in [6.45, 7) is 1.47. The van der Waals surface area contributed by atoms with Gasteiger partial charge in [-0.05, 0) is 75.8 Å². The molecule has 2 aromatic carbocycles. The topological polar surface area (TPSA) is 539 Å². The van der Waals surface area contributed by atoms with Crippen LogP contribution in [0.5, 0.6) is 0 Å². The van der Waals surface area contributed by atoms with Crippen LogP contribution in [-0.4, -0.2) is 152 Å². The minimum absolute atomic E-state index is 0.0530. The van der Waals surface area contributed by atoms with Gasteiger partial charge >= 0.3 is 5.97 Å². The fourth-order valence-electron chi connectivity index (χ4n) is 6.71. The van der Waals surface area contributed by atoms with Gasteiger partial charge in [0.1, 0.15) is 36.5 Å². The molecule has 0 aliphatic rings. The van der Waals surface area contributed by atoms with Crippen LogP contribution < -0.4 is 89.2 Å². The number of nitrogens with two attached hydrogens (primary N) is 10. The number of rotatable bonds is 34. The van der Waals surface area contributed by atoms with Crippen molar-refractivity contribution in [3.8, 4) is 0 Å². The highest BCUT2D eigenvalue weighted by atomic mass is 16.4. The van der Waals surface area contributed by atoms with Gasteiger partial charge in [-0.25, -0.2) is 0 Å². The van der Waals surface area contributed by atoms with Gasteiger partial charge in [0.05, 0.1) is 18.6 Å². The number of carbonyl (C=O) groups excluding carboxylic acids is 7. The summed E-state index contributed by atoms with van der Waals surface area (Å²) in [5.74, 6) is -5.47. The summed E-state index contributed by atoms with van der Waals surface area (Å²) >= 11 is 0. The number of amides is 6. The first-order valence-electron chi connectivity index (χ1n) is 24.3. The lowest BCUT2D eigenvalue weighted by atomic mass is 10.0. The Bertz CT molecular complexity index is 2270. The van der Waals surface area contributed by atoms with Crippen LogP contribution in [0.1, 0.15) is 69.4 Å². The molecular weight excluding hydrogens is 989 g/mol. The Labute approximate surface area is 441 Å². The standard InChI is InChI=1S/C24H40N10O4.C23H38N10O5/c1-15(35)14-32-21(37)18(10-6-12-31-24(28)29)33-22(38)19(13-16-7-3-2-4-8-16)34-20(36)17(25)9-5-11-30-23(26)27;24-15(12-14-6-2-1-3-7-14)19(36)32-17(9-5-11-30-23(27)28)21(38)33-16(8-4-10-29-22(25)26)20(37)31-13-18(34)35/h2-4,7-8,17-19H,5-6,9-14,25H2,1H3,(H,32,37)(H,33,38)(H,34,36)(H4,26,27,30)(H4,28,29,31);1-3,6-7,15-17H,4-5,8-13,24H2,(H,31,37)(H,32,36)(H,33,38)(H,34,35)(H4,25,26,29)(H4,27,28,30)/t17-,18-,19+;15-,16+,17+/m01/s1. The van der Waals surface area contributed by atoms with E-state index in [9.17, 15) is 38.4 Å². The van der Waals surface area contributed by atoms with Crippen LogP contribution in [0.3, 0.4) is 0 Å². The molecule has 2 aromatic rings. The molecule has 6 amide bonds. The number of nitrogens with one attached hydrogen (secondary N) is 6. The monoisotopic (exact) mass is 1070 g/mol. The molecule has 0 unspecified atom stereocenters. The van der Waals surface area contributed by atoms with Gasteiger partial charge in [0, 0.05) is 32.6 Å². The number of aliphatic carboxylic acids is 1. The van der Waals surface area contributed by atoms with E-state index in [0.717, 1.165) is 11.1 Å². The Morgan fingerprint density at radius 1 is 0.434 bits per heavy atom. The zero-order valence-corrected chi connectivity index (χ0v) is 42.8. The number of benzene rings is 2. The predicted molar refractivity (Wildman–Crippen MR) is 288 cm³/mol. The Hall–Kier alpha value is -8.60. The molecule has 0 aliphatic carbocycles. The first-order valence-corrected chi connectivity index (χ1v) is 24.3. The van der Waals surface area contributed by atoms with Gasteiger partial charge in [0.2, 0.25) is 35.4 Å². The van der Waals surface area contributed by atoms with Gasteiger partial charge in [0.15, 0.2) is 23.8 Å². The molecule has 0 fully saturated rings. The molecule has 6 atom stereocenters. The molecule has 2 rings (SSSR count). The number of hydrogen-bond acceptors (Lipinski definition) is 14. The summed E-state index contributed by atoms with van der Waals surface area (Å²) in [7, 11) is 0. The summed E-state index contributed by atoms with van der Waals surface area (Å²) in [5.41, 5.74) is 56.3. The van der Waals surface area contributed by atoms with Crippen LogP contribution in [-0.2, 0) is 51.2 Å². The molecule has 0 aliphatic heterocycles. The molecule has 420 valence electrons. The third kappa shape index (κ3) is 31.1.